The average molecular weight is 233 g/mol. The van der Waals surface area contributed by atoms with E-state index < -0.39 is 5.91 Å². The number of aromatic amines is 1. The van der Waals surface area contributed by atoms with Crippen molar-refractivity contribution < 1.29 is 4.79 Å². The number of nitrogen functional groups attached to an aromatic ring is 1. The largest absolute Gasteiger partial charge is 0.395 e. The lowest BCUT2D eigenvalue weighted by molar-refractivity contribution is 0.102. The molecule has 0 radical (unpaired) electrons. The van der Waals surface area contributed by atoms with Crippen molar-refractivity contribution in [2.75, 3.05) is 11.1 Å². The Morgan fingerprint density at radius 2 is 2.35 bits per heavy atom. The molecule has 0 fully saturated rings. The standard InChI is InChI=1S/C9H11N7O/c1-2-5-6(10)7(15-14-5)8(17)13-9-11-3-4-12-16-9/h3-4H,2,10H2,1H3,(H,14,15)(H,11,13,16,17). The molecule has 4 N–H and O–H groups in total. The van der Waals surface area contributed by atoms with Crippen molar-refractivity contribution in [3.63, 3.8) is 0 Å². The lowest BCUT2D eigenvalue weighted by Crippen LogP contribution is -2.16. The van der Waals surface area contributed by atoms with Crippen LogP contribution in [0.3, 0.4) is 0 Å². The quantitative estimate of drug-likeness (QED) is 0.685. The maximum absolute atomic E-state index is 11.8. The van der Waals surface area contributed by atoms with Gasteiger partial charge in [0.25, 0.3) is 5.91 Å². The van der Waals surface area contributed by atoms with Gasteiger partial charge in [0, 0.05) is 0 Å². The molecule has 17 heavy (non-hydrogen) atoms. The molecule has 0 aliphatic rings. The molecule has 0 aromatic carbocycles. The number of anilines is 2. The molecule has 88 valence electrons. The number of H-pyrrole nitrogens is 1. The van der Waals surface area contributed by atoms with Gasteiger partial charge in [0.1, 0.15) is 0 Å². The van der Waals surface area contributed by atoms with Crippen LogP contribution in [0.2, 0.25) is 0 Å². The van der Waals surface area contributed by atoms with Gasteiger partial charge in [-0.1, -0.05) is 6.92 Å². The van der Waals surface area contributed by atoms with Crippen LogP contribution in [0, 0.1) is 0 Å². The minimum atomic E-state index is -0.466. The van der Waals surface area contributed by atoms with E-state index in [1.54, 1.807) is 0 Å². The molecule has 2 aromatic heterocycles. The van der Waals surface area contributed by atoms with Gasteiger partial charge in [-0.25, -0.2) is 4.98 Å². The molecule has 0 atom stereocenters. The van der Waals surface area contributed by atoms with E-state index in [2.05, 4.69) is 30.7 Å². The number of hydrogen-bond acceptors (Lipinski definition) is 6. The Balaban J connectivity index is 2.18. The number of carbonyl (C=O) groups excluding carboxylic acids is 1. The molecule has 0 spiro atoms. The van der Waals surface area contributed by atoms with E-state index >= 15 is 0 Å². The lowest BCUT2D eigenvalue weighted by atomic mass is 10.2. The van der Waals surface area contributed by atoms with Crippen molar-refractivity contribution in [3.05, 3.63) is 23.8 Å². The molecule has 0 aliphatic carbocycles. The summed E-state index contributed by atoms with van der Waals surface area (Å²) in [5.74, 6) is -0.357. The first kappa shape index (κ1) is 11.0. The summed E-state index contributed by atoms with van der Waals surface area (Å²) >= 11 is 0. The molecule has 0 bridgehead atoms. The van der Waals surface area contributed by atoms with Gasteiger partial charge in [-0.3, -0.25) is 15.2 Å². The minimum Gasteiger partial charge on any atom is -0.395 e. The molecule has 8 nitrogen and oxygen atoms in total. The highest BCUT2D eigenvalue weighted by molar-refractivity contribution is 6.05. The zero-order valence-corrected chi connectivity index (χ0v) is 9.14. The highest BCUT2D eigenvalue weighted by Crippen LogP contribution is 2.15. The highest BCUT2D eigenvalue weighted by Gasteiger charge is 2.17. The van der Waals surface area contributed by atoms with E-state index in [-0.39, 0.29) is 11.6 Å². The van der Waals surface area contributed by atoms with Gasteiger partial charge in [-0.05, 0) is 6.42 Å². The number of rotatable bonds is 3. The summed E-state index contributed by atoms with van der Waals surface area (Å²) in [6.07, 6.45) is 3.51. The number of nitrogens with one attached hydrogen (secondary N) is 2. The number of amides is 1. The fourth-order valence-electron chi connectivity index (χ4n) is 1.29. The Morgan fingerprint density at radius 3 is 2.94 bits per heavy atom. The Labute approximate surface area is 96.7 Å². The number of carbonyl (C=O) groups is 1. The minimum absolute atomic E-state index is 0.109. The Bertz CT molecular complexity index is 521. The van der Waals surface area contributed by atoms with E-state index in [0.29, 0.717) is 12.1 Å². The molecule has 1 amide bonds. The van der Waals surface area contributed by atoms with E-state index in [9.17, 15) is 4.79 Å². The molecule has 0 saturated heterocycles. The number of nitrogens with two attached hydrogens (primary N) is 1. The van der Waals surface area contributed by atoms with Gasteiger partial charge in [0.15, 0.2) is 5.69 Å². The van der Waals surface area contributed by atoms with E-state index in [1.165, 1.54) is 12.4 Å². The summed E-state index contributed by atoms with van der Waals surface area (Å²) in [6.45, 7) is 1.91. The zero-order chi connectivity index (χ0) is 12.3. The second kappa shape index (κ2) is 4.56. The normalized spacial score (nSPS) is 10.2. The molecule has 2 aromatic rings. The first-order valence-electron chi connectivity index (χ1n) is 5.00. The first-order valence-corrected chi connectivity index (χ1v) is 5.00. The van der Waals surface area contributed by atoms with Crippen molar-refractivity contribution in [2.24, 2.45) is 0 Å². The number of aromatic nitrogens is 5. The van der Waals surface area contributed by atoms with Crippen LogP contribution < -0.4 is 11.1 Å². The molecule has 0 unspecified atom stereocenters. The van der Waals surface area contributed by atoms with Crippen LogP contribution in [-0.2, 0) is 6.42 Å². The fraction of sp³-hybridized carbons (Fsp3) is 0.222. The topological polar surface area (TPSA) is 122 Å². The van der Waals surface area contributed by atoms with Crippen molar-refractivity contribution in [1.29, 1.82) is 0 Å². The van der Waals surface area contributed by atoms with Gasteiger partial charge in [0.05, 0.1) is 23.8 Å². The maximum atomic E-state index is 11.8. The van der Waals surface area contributed by atoms with Crippen LogP contribution in [0.1, 0.15) is 23.1 Å². The van der Waals surface area contributed by atoms with Crippen LogP contribution >= 0.6 is 0 Å². The summed E-state index contributed by atoms with van der Waals surface area (Å²) in [6, 6.07) is 0. The summed E-state index contributed by atoms with van der Waals surface area (Å²) in [5, 5.41) is 16.2. The fourth-order valence-corrected chi connectivity index (χ4v) is 1.29. The van der Waals surface area contributed by atoms with Crippen molar-refractivity contribution in [2.45, 2.75) is 13.3 Å². The second-order valence-corrected chi connectivity index (χ2v) is 3.24. The number of nitrogens with zero attached hydrogens (tertiary/aromatic N) is 4. The van der Waals surface area contributed by atoms with Crippen molar-refractivity contribution in [3.8, 4) is 0 Å². The molecule has 0 saturated carbocycles. The van der Waals surface area contributed by atoms with Crippen molar-refractivity contribution in [1.82, 2.24) is 25.4 Å². The third kappa shape index (κ3) is 2.19. The zero-order valence-electron chi connectivity index (χ0n) is 9.14. The van der Waals surface area contributed by atoms with Gasteiger partial charge in [-0.15, -0.1) is 5.10 Å². The maximum Gasteiger partial charge on any atom is 0.280 e. The molecule has 2 rings (SSSR count). The van der Waals surface area contributed by atoms with Gasteiger partial charge in [-0.2, -0.15) is 10.2 Å². The van der Waals surface area contributed by atoms with Crippen LogP contribution in [0.5, 0.6) is 0 Å². The van der Waals surface area contributed by atoms with Crippen LogP contribution in [-0.4, -0.2) is 31.3 Å². The summed E-state index contributed by atoms with van der Waals surface area (Å²) < 4.78 is 0. The third-order valence-electron chi connectivity index (χ3n) is 2.16. The molecule has 0 aliphatic heterocycles. The van der Waals surface area contributed by atoms with E-state index in [0.717, 1.165) is 5.69 Å². The SMILES string of the molecule is CCc1[nH]nc(C(=O)Nc2nccnn2)c1N. The third-order valence-corrected chi connectivity index (χ3v) is 2.16. The number of aryl methyl sites for hydroxylation is 1. The van der Waals surface area contributed by atoms with Gasteiger partial charge >= 0.3 is 0 Å². The number of hydrogen-bond donors (Lipinski definition) is 3. The summed E-state index contributed by atoms with van der Waals surface area (Å²) in [5.41, 5.74) is 6.96. The summed E-state index contributed by atoms with van der Waals surface area (Å²) in [7, 11) is 0. The van der Waals surface area contributed by atoms with Crippen LogP contribution in [0.4, 0.5) is 11.6 Å². The summed E-state index contributed by atoms with van der Waals surface area (Å²) in [4.78, 5) is 15.6. The highest BCUT2D eigenvalue weighted by atomic mass is 16.2. The monoisotopic (exact) mass is 233 g/mol. The van der Waals surface area contributed by atoms with Crippen LogP contribution in [0.15, 0.2) is 12.4 Å². The van der Waals surface area contributed by atoms with Crippen molar-refractivity contribution >= 4 is 17.5 Å². The Kier molecular flexibility index (Phi) is 2.95. The Morgan fingerprint density at radius 1 is 1.53 bits per heavy atom. The molecular formula is C9H11N7O. The van der Waals surface area contributed by atoms with E-state index in [4.69, 9.17) is 5.73 Å². The molecule has 8 heteroatoms. The second-order valence-electron chi connectivity index (χ2n) is 3.24. The Hall–Kier alpha value is -2.51. The smallest absolute Gasteiger partial charge is 0.280 e. The lowest BCUT2D eigenvalue weighted by Gasteiger charge is -2.00. The predicted octanol–water partition coefficient (Wildman–Crippen LogP) is -0.00840. The van der Waals surface area contributed by atoms with Crippen LogP contribution in [0.25, 0.3) is 0 Å². The predicted molar refractivity (Wildman–Crippen MR) is 60.2 cm³/mol. The van der Waals surface area contributed by atoms with Gasteiger partial charge < -0.3 is 5.73 Å². The first-order chi connectivity index (χ1) is 8.22. The van der Waals surface area contributed by atoms with Gasteiger partial charge in [0.2, 0.25) is 5.95 Å². The average Bonchev–Trinajstić information content (AvgIpc) is 2.71. The molecular weight excluding hydrogens is 222 g/mol. The van der Waals surface area contributed by atoms with E-state index in [1.807, 2.05) is 6.92 Å². The molecule has 2 heterocycles.